The lowest BCUT2D eigenvalue weighted by Gasteiger charge is -2.26. The first kappa shape index (κ1) is 29.0. The number of thioether (sulfide) groups is 1. The van der Waals surface area contributed by atoms with Gasteiger partial charge in [0.1, 0.15) is 11.4 Å². The van der Waals surface area contributed by atoms with E-state index < -0.39 is 5.60 Å². The number of hydrogen-bond acceptors (Lipinski definition) is 4. The highest BCUT2D eigenvalue weighted by Gasteiger charge is 2.25. The van der Waals surface area contributed by atoms with Crippen LogP contribution >= 0.6 is 35.8 Å². The van der Waals surface area contributed by atoms with Crippen LogP contribution in [0.1, 0.15) is 69.6 Å². The van der Waals surface area contributed by atoms with Gasteiger partial charge in [0.15, 0.2) is 0 Å². The molecule has 1 saturated carbocycles. The Hall–Kier alpha value is -1.56. The predicted octanol–water partition coefficient (Wildman–Crippen LogP) is 8.35. The first-order valence-electron chi connectivity index (χ1n) is 12.9. The third-order valence-electron chi connectivity index (χ3n) is 6.76. The summed E-state index contributed by atoms with van der Waals surface area (Å²) in [6, 6.07) is 12.6. The van der Waals surface area contributed by atoms with Crippen LogP contribution in [0.5, 0.6) is 5.75 Å². The van der Waals surface area contributed by atoms with Crippen molar-refractivity contribution in [1.29, 1.82) is 0 Å². The number of ether oxygens (including phenoxy) is 2. The molecule has 1 aliphatic carbocycles. The number of rotatable bonds is 6. The van der Waals surface area contributed by atoms with Crippen LogP contribution < -0.4 is 4.74 Å². The molecular formula is C29H39Cl2NO3S. The number of carbonyl (C=O) groups is 1. The smallest absolute Gasteiger partial charge is 0.410 e. The molecule has 7 heteroatoms. The summed E-state index contributed by atoms with van der Waals surface area (Å²) in [7, 11) is 0. The van der Waals surface area contributed by atoms with E-state index in [2.05, 4.69) is 30.3 Å². The summed E-state index contributed by atoms with van der Waals surface area (Å²) in [6.07, 6.45) is 8.01. The van der Waals surface area contributed by atoms with Gasteiger partial charge >= 0.3 is 6.09 Å². The summed E-state index contributed by atoms with van der Waals surface area (Å²) in [5, 5.41) is 0.784. The van der Waals surface area contributed by atoms with E-state index in [9.17, 15) is 4.79 Å². The highest BCUT2D eigenvalue weighted by Crippen LogP contribution is 2.37. The monoisotopic (exact) mass is 551 g/mol. The lowest BCUT2D eigenvalue weighted by atomic mass is 9.90. The van der Waals surface area contributed by atoms with Crippen LogP contribution in [0.3, 0.4) is 0 Å². The SMILES string of the molecule is CC(C)(C)OC(=O)N1CCc2ccc(Cl)c(SCc3ccc(OCC4CCCCC4)cc3)c2CC1.Cl. The minimum atomic E-state index is -0.489. The van der Waals surface area contributed by atoms with Gasteiger partial charge in [0.05, 0.1) is 11.6 Å². The van der Waals surface area contributed by atoms with E-state index in [1.807, 2.05) is 31.7 Å². The van der Waals surface area contributed by atoms with Crippen molar-refractivity contribution in [3.63, 3.8) is 0 Å². The lowest BCUT2D eigenvalue weighted by molar-refractivity contribution is 0.0258. The summed E-state index contributed by atoms with van der Waals surface area (Å²) in [5.74, 6) is 2.51. The van der Waals surface area contributed by atoms with E-state index in [-0.39, 0.29) is 18.5 Å². The van der Waals surface area contributed by atoms with Crippen LogP contribution in [0.15, 0.2) is 41.3 Å². The van der Waals surface area contributed by atoms with Gasteiger partial charge in [-0.2, -0.15) is 0 Å². The number of halogens is 2. The molecule has 0 N–H and O–H groups in total. The molecule has 4 rings (SSSR count). The van der Waals surface area contributed by atoms with Gasteiger partial charge < -0.3 is 14.4 Å². The van der Waals surface area contributed by atoms with Gasteiger partial charge in [0.25, 0.3) is 0 Å². The molecule has 2 aromatic rings. The third-order valence-corrected chi connectivity index (χ3v) is 8.42. The molecule has 4 nitrogen and oxygen atoms in total. The largest absolute Gasteiger partial charge is 0.493 e. The molecule has 2 aliphatic rings. The number of fused-ring (bicyclic) bond motifs is 1. The normalized spacial score (nSPS) is 16.5. The molecular weight excluding hydrogens is 513 g/mol. The highest BCUT2D eigenvalue weighted by molar-refractivity contribution is 7.98. The topological polar surface area (TPSA) is 38.8 Å². The Morgan fingerprint density at radius 2 is 1.72 bits per heavy atom. The first-order chi connectivity index (χ1) is 16.8. The standard InChI is InChI=1S/C29H38ClNO3S.ClH/c1-29(2,3)34-28(32)31-17-15-23-11-14-26(30)27(25(23)16-18-31)35-20-22-9-12-24(13-10-22)33-19-21-7-5-4-6-8-21;/h9-14,21H,4-8,15-20H2,1-3H3;1H. The summed E-state index contributed by atoms with van der Waals surface area (Å²) in [6.45, 7) is 7.85. The van der Waals surface area contributed by atoms with Crippen molar-refractivity contribution in [2.24, 2.45) is 5.92 Å². The van der Waals surface area contributed by atoms with Gasteiger partial charge in [0.2, 0.25) is 0 Å². The van der Waals surface area contributed by atoms with Crippen LogP contribution in [0.2, 0.25) is 5.02 Å². The Kier molecular flexibility index (Phi) is 10.7. The molecule has 1 fully saturated rings. The zero-order valence-electron chi connectivity index (χ0n) is 21.7. The van der Waals surface area contributed by atoms with Gasteiger partial charge in [-0.15, -0.1) is 24.2 Å². The molecule has 1 amide bonds. The molecule has 36 heavy (non-hydrogen) atoms. The van der Waals surface area contributed by atoms with Gasteiger partial charge in [0, 0.05) is 23.7 Å². The Labute approximate surface area is 231 Å². The fourth-order valence-electron chi connectivity index (χ4n) is 4.83. The molecule has 0 atom stereocenters. The Bertz CT molecular complexity index is 1000. The molecule has 1 heterocycles. The lowest BCUT2D eigenvalue weighted by Crippen LogP contribution is -2.38. The van der Waals surface area contributed by atoms with Crippen molar-refractivity contribution in [2.45, 2.75) is 82.0 Å². The molecule has 0 spiro atoms. The minimum Gasteiger partial charge on any atom is -0.493 e. The maximum absolute atomic E-state index is 12.6. The molecule has 0 saturated heterocycles. The van der Waals surface area contributed by atoms with Crippen molar-refractivity contribution >= 4 is 41.9 Å². The van der Waals surface area contributed by atoms with E-state index in [1.54, 1.807) is 11.8 Å². The van der Waals surface area contributed by atoms with Gasteiger partial charge in [-0.3, -0.25) is 0 Å². The van der Waals surface area contributed by atoms with Crippen molar-refractivity contribution in [2.75, 3.05) is 19.7 Å². The van der Waals surface area contributed by atoms with E-state index >= 15 is 0 Å². The van der Waals surface area contributed by atoms with Crippen LogP contribution in [0, 0.1) is 5.92 Å². The van der Waals surface area contributed by atoms with Crippen molar-refractivity contribution in [1.82, 2.24) is 4.90 Å². The number of nitrogens with zero attached hydrogens (tertiary/aromatic N) is 1. The van der Waals surface area contributed by atoms with Crippen molar-refractivity contribution < 1.29 is 14.3 Å². The van der Waals surface area contributed by atoms with E-state index in [4.69, 9.17) is 21.1 Å². The number of amides is 1. The molecule has 0 radical (unpaired) electrons. The van der Waals surface area contributed by atoms with E-state index in [0.717, 1.165) is 40.9 Å². The zero-order chi connectivity index (χ0) is 24.8. The summed E-state index contributed by atoms with van der Waals surface area (Å²) < 4.78 is 11.7. The number of carbonyl (C=O) groups excluding carboxylic acids is 1. The van der Waals surface area contributed by atoms with Crippen molar-refractivity contribution in [3.8, 4) is 5.75 Å². The van der Waals surface area contributed by atoms with E-state index in [1.165, 1.54) is 48.8 Å². The maximum atomic E-state index is 12.6. The third kappa shape index (κ3) is 8.22. The molecule has 1 aliphatic heterocycles. The van der Waals surface area contributed by atoms with Crippen LogP contribution in [-0.2, 0) is 23.3 Å². The molecule has 0 bridgehead atoms. The zero-order valence-corrected chi connectivity index (χ0v) is 24.1. The summed E-state index contributed by atoms with van der Waals surface area (Å²) in [4.78, 5) is 15.6. The second-order valence-corrected chi connectivity index (χ2v) is 12.1. The second-order valence-electron chi connectivity index (χ2n) is 10.7. The summed E-state index contributed by atoms with van der Waals surface area (Å²) >= 11 is 8.44. The fraction of sp³-hybridized carbons (Fsp3) is 0.552. The predicted molar refractivity (Wildman–Crippen MR) is 152 cm³/mol. The van der Waals surface area contributed by atoms with Gasteiger partial charge in [-0.1, -0.05) is 49.1 Å². The fourth-order valence-corrected chi connectivity index (χ4v) is 6.29. The number of hydrogen-bond donors (Lipinski definition) is 0. The van der Waals surface area contributed by atoms with Crippen molar-refractivity contribution in [3.05, 3.63) is 58.1 Å². The quantitative estimate of drug-likeness (QED) is 0.338. The Morgan fingerprint density at radius 3 is 2.42 bits per heavy atom. The second kappa shape index (κ2) is 13.3. The average Bonchev–Trinajstić information content (AvgIpc) is 3.05. The minimum absolute atomic E-state index is 0. The van der Waals surface area contributed by atoms with Crippen LogP contribution in [-0.4, -0.2) is 36.3 Å². The first-order valence-corrected chi connectivity index (χ1v) is 14.3. The van der Waals surface area contributed by atoms with Crippen LogP contribution in [0.25, 0.3) is 0 Å². The Morgan fingerprint density at radius 1 is 1.03 bits per heavy atom. The Balaban J connectivity index is 0.00000361. The summed E-state index contributed by atoms with van der Waals surface area (Å²) in [5.41, 5.74) is 3.30. The van der Waals surface area contributed by atoms with E-state index in [0.29, 0.717) is 19.0 Å². The molecule has 2 aromatic carbocycles. The maximum Gasteiger partial charge on any atom is 0.410 e. The van der Waals surface area contributed by atoms with Crippen LogP contribution in [0.4, 0.5) is 4.79 Å². The average molecular weight is 553 g/mol. The number of benzene rings is 2. The molecule has 0 aromatic heterocycles. The molecule has 198 valence electrons. The highest BCUT2D eigenvalue weighted by atomic mass is 35.5. The van der Waals surface area contributed by atoms with Gasteiger partial charge in [-0.25, -0.2) is 4.79 Å². The molecule has 0 unspecified atom stereocenters. The van der Waals surface area contributed by atoms with Gasteiger partial charge in [-0.05, 0) is 87.3 Å².